The molecule has 2 heterocycles. The summed E-state index contributed by atoms with van der Waals surface area (Å²) in [5.41, 5.74) is 6.15. The Kier molecular flexibility index (Phi) is 5.15. The molecule has 0 spiro atoms. The number of amides is 1. The monoisotopic (exact) mass is 322 g/mol. The van der Waals surface area contributed by atoms with Gasteiger partial charge in [0.1, 0.15) is 6.54 Å². The number of halogens is 1. The number of para-hydroxylation sites is 1. The van der Waals surface area contributed by atoms with Gasteiger partial charge in [-0.15, -0.1) is 12.4 Å². The van der Waals surface area contributed by atoms with E-state index >= 15 is 0 Å². The molecule has 1 aliphatic rings. The van der Waals surface area contributed by atoms with Gasteiger partial charge in [0.15, 0.2) is 0 Å². The molecular formula is C15H19ClN4O2. The molecule has 2 aromatic rings. The predicted octanol–water partition coefficient (Wildman–Crippen LogP) is 0.768. The van der Waals surface area contributed by atoms with Gasteiger partial charge >= 0.3 is 0 Å². The van der Waals surface area contributed by atoms with E-state index < -0.39 is 0 Å². The van der Waals surface area contributed by atoms with Crippen LogP contribution in [-0.2, 0) is 11.3 Å². The minimum Gasteiger partial charge on any atom is -0.337 e. The van der Waals surface area contributed by atoms with Crippen LogP contribution >= 0.6 is 12.4 Å². The first kappa shape index (κ1) is 16.5. The van der Waals surface area contributed by atoms with Crippen molar-refractivity contribution in [2.75, 3.05) is 13.1 Å². The normalized spacial score (nSPS) is 17.5. The van der Waals surface area contributed by atoms with E-state index in [0.717, 1.165) is 19.4 Å². The number of likely N-dealkylation sites (tertiary alicyclic amines) is 1. The van der Waals surface area contributed by atoms with Gasteiger partial charge in [0.25, 0.3) is 5.56 Å². The molecule has 1 fully saturated rings. The van der Waals surface area contributed by atoms with Gasteiger partial charge in [-0.25, -0.2) is 4.98 Å². The molecule has 0 bridgehead atoms. The van der Waals surface area contributed by atoms with E-state index in [1.165, 1.54) is 10.9 Å². The second-order valence-corrected chi connectivity index (χ2v) is 5.31. The smallest absolute Gasteiger partial charge is 0.261 e. The molecule has 2 N–H and O–H groups in total. The molecule has 22 heavy (non-hydrogen) atoms. The molecule has 1 aromatic heterocycles. The molecule has 3 rings (SSSR count). The zero-order valence-corrected chi connectivity index (χ0v) is 13.0. The number of carbonyl (C=O) groups excluding carboxylic acids is 1. The van der Waals surface area contributed by atoms with Gasteiger partial charge in [-0.05, 0) is 25.0 Å². The van der Waals surface area contributed by atoms with Crippen LogP contribution in [0.25, 0.3) is 10.9 Å². The summed E-state index contributed by atoms with van der Waals surface area (Å²) in [5.74, 6) is -0.0675. The number of benzene rings is 1. The number of carbonyl (C=O) groups is 1. The molecule has 7 heteroatoms. The van der Waals surface area contributed by atoms with Gasteiger partial charge < -0.3 is 10.6 Å². The van der Waals surface area contributed by atoms with E-state index in [1.807, 2.05) is 6.07 Å². The fourth-order valence-corrected chi connectivity index (χ4v) is 2.86. The van der Waals surface area contributed by atoms with Gasteiger partial charge in [0, 0.05) is 19.1 Å². The molecule has 0 aliphatic carbocycles. The summed E-state index contributed by atoms with van der Waals surface area (Å²) < 4.78 is 1.37. The number of hydrogen-bond acceptors (Lipinski definition) is 4. The summed E-state index contributed by atoms with van der Waals surface area (Å²) >= 11 is 0. The Morgan fingerprint density at radius 1 is 1.36 bits per heavy atom. The fraction of sp³-hybridized carbons (Fsp3) is 0.400. The van der Waals surface area contributed by atoms with E-state index in [9.17, 15) is 9.59 Å². The number of nitrogens with zero attached hydrogens (tertiary/aromatic N) is 3. The molecule has 1 atom stereocenters. The third-order valence-electron chi connectivity index (χ3n) is 4.01. The lowest BCUT2D eigenvalue weighted by atomic mass is 10.2. The SMILES string of the molecule is Cl.NCC1CCCN1C(=O)Cn1cnc2ccccc2c1=O. The van der Waals surface area contributed by atoms with Crippen LogP contribution in [0.1, 0.15) is 12.8 Å². The number of fused-ring (bicyclic) bond motifs is 1. The second kappa shape index (κ2) is 6.89. The van der Waals surface area contributed by atoms with Crippen LogP contribution in [0.3, 0.4) is 0 Å². The number of hydrogen-bond donors (Lipinski definition) is 1. The largest absolute Gasteiger partial charge is 0.337 e. The highest BCUT2D eigenvalue weighted by Crippen LogP contribution is 2.16. The maximum atomic E-state index is 12.4. The predicted molar refractivity (Wildman–Crippen MR) is 87.0 cm³/mol. The number of nitrogens with two attached hydrogens (primary N) is 1. The summed E-state index contributed by atoms with van der Waals surface area (Å²) in [4.78, 5) is 30.7. The molecule has 1 aliphatic heterocycles. The van der Waals surface area contributed by atoms with Crippen LogP contribution in [0.2, 0.25) is 0 Å². The Morgan fingerprint density at radius 3 is 2.91 bits per heavy atom. The van der Waals surface area contributed by atoms with Crippen LogP contribution in [0.5, 0.6) is 0 Å². The highest BCUT2D eigenvalue weighted by Gasteiger charge is 2.27. The van der Waals surface area contributed by atoms with Crippen molar-refractivity contribution >= 4 is 29.2 Å². The average molecular weight is 323 g/mol. The Balaban J connectivity index is 0.00000176. The topological polar surface area (TPSA) is 81.2 Å². The first-order chi connectivity index (χ1) is 10.2. The molecule has 1 amide bonds. The first-order valence-electron chi connectivity index (χ1n) is 7.14. The molecule has 6 nitrogen and oxygen atoms in total. The molecule has 1 aromatic carbocycles. The Labute approximate surface area is 134 Å². The molecular weight excluding hydrogens is 304 g/mol. The van der Waals surface area contributed by atoms with Crippen LogP contribution in [0, 0.1) is 0 Å². The number of aromatic nitrogens is 2. The van der Waals surface area contributed by atoms with Gasteiger partial charge in [-0.2, -0.15) is 0 Å². The molecule has 0 saturated carbocycles. The van der Waals surface area contributed by atoms with Crippen molar-refractivity contribution in [3.8, 4) is 0 Å². The molecule has 0 radical (unpaired) electrons. The fourth-order valence-electron chi connectivity index (χ4n) is 2.86. The van der Waals surface area contributed by atoms with Crippen molar-refractivity contribution in [1.29, 1.82) is 0 Å². The maximum Gasteiger partial charge on any atom is 0.261 e. The van der Waals surface area contributed by atoms with Crippen molar-refractivity contribution in [2.24, 2.45) is 5.73 Å². The lowest BCUT2D eigenvalue weighted by Gasteiger charge is -2.23. The molecule has 118 valence electrons. The minimum atomic E-state index is -0.183. The highest BCUT2D eigenvalue weighted by atomic mass is 35.5. The minimum absolute atomic E-state index is 0. The van der Waals surface area contributed by atoms with Gasteiger partial charge in [-0.1, -0.05) is 12.1 Å². The van der Waals surface area contributed by atoms with Crippen LogP contribution in [-0.4, -0.2) is 39.5 Å². The Hall–Kier alpha value is -1.92. The summed E-state index contributed by atoms with van der Waals surface area (Å²) in [6.07, 6.45) is 3.35. The number of rotatable bonds is 3. The third kappa shape index (κ3) is 2.98. The summed E-state index contributed by atoms with van der Waals surface area (Å²) in [6.45, 7) is 1.21. The zero-order chi connectivity index (χ0) is 14.8. The lowest BCUT2D eigenvalue weighted by Crippen LogP contribution is -2.42. The Morgan fingerprint density at radius 2 is 2.14 bits per heavy atom. The highest BCUT2D eigenvalue weighted by molar-refractivity contribution is 5.85. The Bertz CT molecular complexity index is 731. The van der Waals surface area contributed by atoms with Crippen molar-refractivity contribution in [3.05, 3.63) is 40.9 Å². The van der Waals surface area contributed by atoms with Crippen molar-refractivity contribution in [2.45, 2.75) is 25.4 Å². The zero-order valence-electron chi connectivity index (χ0n) is 12.1. The maximum absolute atomic E-state index is 12.4. The van der Waals surface area contributed by atoms with E-state index in [-0.39, 0.29) is 36.5 Å². The summed E-state index contributed by atoms with van der Waals surface area (Å²) in [6, 6.07) is 7.24. The van der Waals surface area contributed by atoms with Crippen molar-refractivity contribution < 1.29 is 4.79 Å². The molecule has 1 saturated heterocycles. The van der Waals surface area contributed by atoms with Crippen LogP contribution in [0.4, 0.5) is 0 Å². The summed E-state index contributed by atoms with van der Waals surface area (Å²) in [5, 5.41) is 0.532. The van der Waals surface area contributed by atoms with Crippen LogP contribution < -0.4 is 11.3 Å². The van der Waals surface area contributed by atoms with E-state index in [4.69, 9.17) is 5.73 Å². The molecule has 1 unspecified atom stereocenters. The van der Waals surface area contributed by atoms with E-state index in [0.29, 0.717) is 17.4 Å². The van der Waals surface area contributed by atoms with E-state index in [2.05, 4.69) is 4.98 Å². The van der Waals surface area contributed by atoms with Gasteiger partial charge in [-0.3, -0.25) is 14.2 Å². The summed E-state index contributed by atoms with van der Waals surface area (Å²) in [7, 11) is 0. The van der Waals surface area contributed by atoms with E-state index in [1.54, 1.807) is 23.1 Å². The second-order valence-electron chi connectivity index (χ2n) is 5.31. The van der Waals surface area contributed by atoms with Gasteiger partial charge in [0.2, 0.25) is 5.91 Å². The van der Waals surface area contributed by atoms with Gasteiger partial charge in [0.05, 0.1) is 17.2 Å². The standard InChI is InChI=1S/C15H18N4O2.ClH/c16-8-11-4-3-7-19(11)14(20)9-18-10-17-13-6-2-1-5-12(13)15(18)21;/h1-2,5-6,10-11H,3-4,7-9,16H2;1H. The van der Waals surface area contributed by atoms with Crippen molar-refractivity contribution in [3.63, 3.8) is 0 Å². The lowest BCUT2D eigenvalue weighted by molar-refractivity contribution is -0.132. The average Bonchev–Trinajstić information content (AvgIpc) is 2.99. The first-order valence-corrected chi connectivity index (χ1v) is 7.14. The quantitative estimate of drug-likeness (QED) is 0.905. The third-order valence-corrected chi connectivity index (χ3v) is 4.01. The van der Waals surface area contributed by atoms with Crippen LogP contribution in [0.15, 0.2) is 35.4 Å². The van der Waals surface area contributed by atoms with Crippen molar-refractivity contribution in [1.82, 2.24) is 14.5 Å².